The van der Waals surface area contributed by atoms with Crippen molar-refractivity contribution in [2.24, 2.45) is 0 Å². The van der Waals surface area contributed by atoms with Crippen LogP contribution < -0.4 is 11.1 Å². The van der Waals surface area contributed by atoms with Gasteiger partial charge in [0.2, 0.25) is 11.9 Å². The Labute approximate surface area is 156 Å². The van der Waals surface area contributed by atoms with E-state index in [-0.39, 0.29) is 5.95 Å². The molecule has 1 fully saturated rings. The predicted octanol–water partition coefficient (Wildman–Crippen LogP) is 2.77. The summed E-state index contributed by atoms with van der Waals surface area (Å²) >= 11 is 0. The number of aryl methyl sites for hydroxylation is 1. The van der Waals surface area contributed by atoms with E-state index in [0.717, 1.165) is 36.3 Å². The lowest BCUT2D eigenvalue weighted by Gasteiger charge is -2.10. The number of nitrogens with one attached hydrogen (secondary N) is 1. The Kier molecular flexibility index (Phi) is 4.12. The summed E-state index contributed by atoms with van der Waals surface area (Å²) in [5.41, 5.74) is 8.51. The highest BCUT2D eigenvalue weighted by molar-refractivity contribution is 5.59. The van der Waals surface area contributed by atoms with Crippen molar-refractivity contribution in [2.75, 3.05) is 11.1 Å². The number of hydrogen-bond acceptors (Lipinski definition) is 8. The number of nitrogens with zero attached hydrogens (tertiary/aromatic N) is 6. The van der Waals surface area contributed by atoms with Crippen molar-refractivity contribution in [1.29, 1.82) is 5.26 Å². The fraction of sp³-hybridized carbons (Fsp3) is 0.263. The van der Waals surface area contributed by atoms with Gasteiger partial charge in [-0.25, -0.2) is 4.98 Å². The molecule has 0 spiro atoms. The number of aromatic nitrogens is 5. The third kappa shape index (κ3) is 3.40. The van der Waals surface area contributed by atoms with E-state index in [4.69, 9.17) is 5.73 Å². The van der Waals surface area contributed by atoms with Gasteiger partial charge in [-0.3, -0.25) is 4.98 Å². The largest absolute Gasteiger partial charge is 0.368 e. The van der Waals surface area contributed by atoms with Crippen LogP contribution in [-0.4, -0.2) is 24.9 Å². The summed E-state index contributed by atoms with van der Waals surface area (Å²) in [7, 11) is 0. The molecular formula is C19H18N8. The molecular weight excluding hydrogens is 340 g/mol. The van der Waals surface area contributed by atoms with Crippen molar-refractivity contribution in [3.8, 4) is 17.6 Å². The van der Waals surface area contributed by atoms with Crippen LogP contribution in [0, 0.1) is 11.3 Å². The fourth-order valence-electron chi connectivity index (χ4n) is 2.81. The van der Waals surface area contributed by atoms with Gasteiger partial charge in [-0.15, -0.1) is 0 Å². The molecule has 8 nitrogen and oxygen atoms in total. The second-order valence-electron chi connectivity index (χ2n) is 6.46. The molecule has 0 radical (unpaired) electrons. The Morgan fingerprint density at radius 2 is 2.04 bits per heavy atom. The van der Waals surface area contributed by atoms with Crippen molar-refractivity contribution in [1.82, 2.24) is 24.9 Å². The van der Waals surface area contributed by atoms with Crippen molar-refractivity contribution >= 4 is 17.6 Å². The lowest BCUT2D eigenvalue weighted by atomic mass is 10.0. The van der Waals surface area contributed by atoms with Crippen LogP contribution in [0.3, 0.4) is 0 Å². The second-order valence-corrected chi connectivity index (χ2v) is 6.46. The Morgan fingerprint density at radius 1 is 1.19 bits per heavy atom. The summed E-state index contributed by atoms with van der Waals surface area (Å²) in [5, 5.41) is 12.5. The number of anilines is 3. The zero-order valence-corrected chi connectivity index (χ0v) is 14.8. The summed E-state index contributed by atoms with van der Waals surface area (Å²) in [4.78, 5) is 21.7. The van der Waals surface area contributed by atoms with E-state index in [1.54, 1.807) is 12.3 Å². The van der Waals surface area contributed by atoms with Crippen LogP contribution in [0.25, 0.3) is 11.5 Å². The lowest BCUT2D eigenvalue weighted by Crippen LogP contribution is -2.08. The number of nitrogens with two attached hydrogens (primary N) is 1. The molecule has 27 heavy (non-hydrogen) atoms. The van der Waals surface area contributed by atoms with E-state index >= 15 is 0 Å². The molecule has 1 saturated carbocycles. The molecule has 0 bridgehead atoms. The Bertz CT molecular complexity index is 1040. The number of rotatable bonds is 5. The molecule has 134 valence electrons. The van der Waals surface area contributed by atoms with Gasteiger partial charge in [0.05, 0.1) is 17.2 Å². The van der Waals surface area contributed by atoms with Crippen LogP contribution in [0.2, 0.25) is 0 Å². The summed E-state index contributed by atoms with van der Waals surface area (Å²) in [5.74, 6) is 0.835. The van der Waals surface area contributed by atoms with Gasteiger partial charge >= 0.3 is 0 Å². The van der Waals surface area contributed by atoms with Gasteiger partial charge in [-0.1, -0.05) is 13.0 Å². The maximum Gasteiger partial charge on any atom is 0.232 e. The molecule has 0 unspecified atom stereocenters. The second kappa shape index (κ2) is 6.61. The first-order valence-corrected chi connectivity index (χ1v) is 8.74. The van der Waals surface area contributed by atoms with Gasteiger partial charge in [0.15, 0.2) is 5.82 Å². The van der Waals surface area contributed by atoms with Crippen LogP contribution in [0.1, 0.15) is 31.2 Å². The number of nitriles is 1. The number of pyridine rings is 2. The maximum atomic E-state index is 9.37. The highest BCUT2D eigenvalue weighted by atomic mass is 15.2. The first-order chi connectivity index (χ1) is 13.1. The minimum atomic E-state index is -0.453. The van der Waals surface area contributed by atoms with Gasteiger partial charge in [0, 0.05) is 17.6 Å². The van der Waals surface area contributed by atoms with E-state index in [1.807, 2.05) is 31.2 Å². The molecule has 3 heterocycles. The average Bonchev–Trinajstić information content (AvgIpc) is 3.49. The molecule has 0 amide bonds. The summed E-state index contributed by atoms with van der Waals surface area (Å²) in [6.07, 6.45) is 4.16. The van der Waals surface area contributed by atoms with Gasteiger partial charge in [0.1, 0.15) is 5.69 Å². The minimum Gasteiger partial charge on any atom is -0.368 e. The topological polar surface area (TPSA) is 126 Å². The van der Waals surface area contributed by atoms with E-state index < -0.39 is 5.41 Å². The van der Waals surface area contributed by atoms with Crippen molar-refractivity contribution < 1.29 is 0 Å². The van der Waals surface area contributed by atoms with Crippen molar-refractivity contribution in [3.63, 3.8) is 0 Å². The van der Waals surface area contributed by atoms with Crippen molar-refractivity contribution in [2.45, 2.75) is 31.6 Å². The van der Waals surface area contributed by atoms with Gasteiger partial charge in [0.25, 0.3) is 0 Å². The number of nitrogen functional groups attached to an aromatic ring is 1. The smallest absolute Gasteiger partial charge is 0.232 e. The third-order valence-electron chi connectivity index (χ3n) is 4.52. The highest BCUT2D eigenvalue weighted by Crippen LogP contribution is 2.47. The summed E-state index contributed by atoms with van der Waals surface area (Å²) in [6.45, 7) is 2.04. The van der Waals surface area contributed by atoms with Crippen molar-refractivity contribution in [3.05, 3.63) is 47.9 Å². The minimum absolute atomic E-state index is 0.108. The van der Waals surface area contributed by atoms with E-state index in [0.29, 0.717) is 17.5 Å². The van der Waals surface area contributed by atoms with Crippen LogP contribution in [-0.2, 0) is 11.8 Å². The Hall–Kier alpha value is -3.60. The first kappa shape index (κ1) is 16.8. The molecule has 0 atom stereocenters. The normalized spacial score (nSPS) is 14.4. The predicted molar refractivity (Wildman–Crippen MR) is 101 cm³/mol. The first-order valence-electron chi connectivity index (χ1n) is 8.74. The SMILES string of the molecule is CCc1cccc(-c2nc(N)nc(Nc3ccnc(C4(C#N)CC4)c3)n2)n1. The zero-order chi connectivity index (χ0) is 18.9. The van der Waals surface area contributed by atoms with Crippen LogP contribution in [0.15, 0.2) is 36.5 Å². The van der Waals surface area contributed by atoms with E-state index in [2.05, 4.69) is 36.3 Å². The molecule has 3 aromatic rings. The third-order valence-corrected chi connectivity index (χ3v) is 4.52. The molecule has 0 aliphatic heterocycles. The maximum absolute atomic E-state index is 9.37. The summed E-state index contributed by atoms with van der Waals surface area (Å²) in [6, 6.07) is 11.7. The zero-order valence-electron chi connectivity index (χ0n) is 14.8. The van der Waals surface area contributed by atoms with Gasteiger partial charge in [-0.05, 0) is 43.5 Å². The van der Waals surface area contributed by atoms with Crippen LogP contribution in [0.5, 0.6) is 0 Å². The molecule has 8 heteroatoms. The molecule has 1 aliphatic carbocycles. The molecule has 0 aromatic carbocycles. The standard InChI is InChI=1S/C19H18N8/c1-2-12-4-3-5-14(23-12)16-25-17(21)27-18(26-16)24-13-6-9-22-15(10-13)19(11-20)7-8-19/h3-6,9-10H,2,7-8H2,1H3,(H3,21,22,24,25,26,27). The van der Waals surface area contributed by atoms with Gasteiger partial charge < -0.3 is 11.1 Å². The molecule has 1 aliphatic rings. The molecule has 0 saturated heterocycles. The Morgan fingerprint density at radius 3 is 2.78 bits per heavy atom. The van der Waals surface area contributed by atoms with E-state index in [1.165, 1.54) is 0 Å². The van der Waals surface area contributed by atoms with E-state index in [9.17, 15) is 5.26 Å². The molecule has 3 aromatic heterocycles. The highest BCUT2D eigenvalue weighted by Gasteiger charge is 2.46. The summed E-state index contributed by atoms with van der Waals surface area (Å²) < 4.78 is 0. The van der Waals surface area contributed by atoms with Crippen LogP contribution >= 0.6 is 0 Å². The molecule has 3 N–H and O–H groups in total. The molecule has 4 rings (SSSR count). The Balaban J connectivity index is 1.64. The fourth-order valence-corrected chi connectivity index (χ4v) is 2.81. The quantitative estimate of drug-likeness (QED) is 0.713. The number of hydrogen-bond donors (Lipinski definition) is 2. The average molecular weight is 358 g/mol. The monoisotopic (exact) mass is 358 g/mol. The van der Waals surface area contributed by atoms with Crippen LogP contribution in [0.4, 0.5) is 17.6 Å². The lowest BCUT2D eigenvalue weighted by molar-refractivity contribution is 0.855. The van der Waals surface area contributed by atoms with Gasteiger partial charge in [-0.2, -0.15) is 20.2 Å².